The van der Waals surface area contributed by atoms with E-state index in [-0.39, 0.29) is 5.03 Å². The highest BCUT2D eigenvalue weighted by molar-refractivity contribution is 7.92. The summed E-state index contributed by atoms with van der Waals surface area (Å²) in [7, 11) is -3.81. The van der Waals surface area contributed by atoms with E-state index in [4.69, 9.17) is 4.74 Å². The monoisotopic (exact) mass is 369 g/mol. The summed E-state index contributed by atoms with van der Waals surface area (Å²) in [6, 6.07) is 10.6. The van der Waals surface area contributed by atoms with Crippen LogP contribution in [-0.2, 0) is 10.0 Å². The molecule has 0 bridgehead atoms. The molecule has 4 rings (SSSR count). The van der Waals surface area contributed by atoms with Crippen LogP contribution in [0.25, 0.3) is 10.9 Å². The van der Waals surface area contributed by atoms with Crippen LogP contribution in [0.3, 0.4) is 0 Å². The standard InChI is InChI=1S/C19H19N3O3S/c1-13-4-3-10-21-19(13)26(23,24)22-16-6-2-5-15-17(9-11-20-18(15)16)25-12-14-7-8-14/h2-6,9-11,14,22H,7-8,12H2,1H3. The van der Waals surface area contributed by atoms with E-state index in [9.17, 15) is 8.42 Å². The van der Waals surface area contributed by atoms with Gasteiger partial charge in [-0.1, -0.05) is 12.1 Å². The molecule has 26 heavy (non-hydrogen) atoms. The molecule has 7 heteroatoms. The summed E-state index contributed by atoms with van der Waals surface area (Å²) in [6.45, 7) is 2.40. The average Bonchev–Trinajstić information content (AvgIpc) is 3.44. The van der Waals surface area contributed by atoms with Crippen molar-refractivity contribution < 1.29 is 13.2 Å². The van der Waals surface area contributed by atoms with Crippen LogP contribution in [0.5, 0.6) is 5.75 Å². The van der Waals surface area contributed by atoms with E-state index >= 15 is 0 Å². The van der Waals surface area contributed by atoms with E-state index in [0.29, 0.717) is 29.3 Å². The van der Waals surface area contributed by atoms with Crippen molar-refractivity contribution in [3.8, 4) is 5.75 Å². The first-order chi connectivity index (χ1) is 12.5. The smallest absolute Gasteiger partial charge is 0.279 e. The molecule has 3 aromatic rings. The lowest BCUT2D eigenvalue weighted by atomic mass is 10.2. The molecule has 0 radical (unpaired) electrons. The van der Waals surface area contributed by atoms with E-state index in [1.807, 2.05) is 12.1 Å². The summed E-state index contributed by atoms with van der Waals surface area (Å²) in [5.74, 6) is 1.35. The minimum absolute atomic E-state index is 0.0122. The third-order valence-electron chi connectivity index (χ3n) is 4.36. The first kappa shape index (κ1) is 16.8. The van der Waals surface area contributed by atoms with Crippen LogP contribution in [0.4, 0.5) is 5.69 Å². The van der Waals surface area contributed by atoms with Crippen molar-refractivity contribution >= 4 is 26.6 Å². The highest BCUT2D eigenvalue weighted by atomic mass is 32.2. The molecular formula is C19H19N3O3S. The number of rotatable bonds is 6. The lowest BCUT2D eigenvalue weighted by Crippen LogP contribution is -2.16. The van der Waals surface area contributed by atoms with Gasteiger partial charge in [0.25, 0.3) is 10.0 Å². The lowest BCUT2D eigenvalue weighted by molar-refractivity contribution is 0.303. The van der Waals surface area contributed by atoms with Gasteiger partial charge in [0, 0.05) is 17.8 Å². The van der Waals surface area contributed by atoms with Crippen molar-refractivity contribution in [2.45, 2.75) is 24.8 Å². The normalized spacial score (nSPS) is 14.3. The van der Waals surface area contributed by atoms with E-state index in [2.05, 4.69) is 14.7 Å². The molecule has 0 atom stereocenters. The summed E-state index contributed by atoms with van der Waals surface area (Å²) < 4.78 is 34.0. The number of nitrogens with zero attached hydrogens (tertiary/aromatic N) is 2. The van der Waals surface area contributed by atoms with Gasteiger partial charge in [0.1, 0.15) is 5.75 Å². The maximum atomic E-state index is 12.7. The molecule has 6 nitrogen and oxygen atoms in total. The van der Waals surface area contributed by atoms with Crippen molar-refractivity contribution in [2.75, 3.05) is 11.3 Å². The number of benzene rings is 1. The second-order valence-electron chi connectivity index (χ2n) is 6.50. The molecule has 1 aliphatic carbocycles. The number of anilines is 1. The van der Waals surface area contributed by atoms with Gasteiger partial charge in [0.2, 0.25) is 0 Å². The van der Waals surface area contributed by atoms with Gasteiger partial charge in [-0.25, -0.2) is 4.98 Å². The number of hydrogen-bond donors (Lipinski definition) is 1. The van der Waals surface area contributed by atoms with Crippen molar-refractivity contribution in [3.63, 3.8) is 0 Å². The Morgan fingerprint density at radius 1 is 1.12 bits per heavy atom. The van der Waals surface area contributed by atoms with Gasteiger partial charge >= 0.3 is 0 Å². The van der Waals surface area contributed by atoms with E-state index < -0.39 is 10.0 Å². The Balaban J connectivity index is 1.70. The molecule has 0 aliphatic heterocycles. The Morgan fingerprint density at radius 2 is 1.96 bits per heavy atom. The van der Waals surface area contributed by atoms with Crippen LogP contribution in [0.15, 0.2) is 53.8 Å². The fourth-order valence-electron chi connectivity index (χ4n) is 2.80. The number of nitrogens with one attached hydrogen (secondary N) is 1. The molecule has 1 saturated carbocycles. The summed E-state index contributed by atoms with van der Waals surface area (Å²) in [5.41, 5.74) is 1.55. The Bertz CT molecular complexity index is 1060. The Kier molecular flexibility index (Phi) is 4.24. The average molecular weight is 369 g/mol. The number of fused-ring (bicyclic) bond motifs is 1. The van der Waals surface area contributed by atoms with Gasteiger partial charge in [-0.3, -0.25) is 9.71 Å². The fourth-order valence-corrected chi connectivity index (χ4v) is 4.04. The number of sulfonamides is 1. The topological polar surface area (TPSA) is 81.2 Å². The molecule has 0 amide bonds. The summed E-state index contributed by atoms with van der Waals surface area (Å²) >= 11 is 0. The predicted octanol–water partition coefficient (Wildman–Crippen LogP) is 3.53. The third kappa shape index (κ3) is 3.35. The molecule has 1 aliphatic rings. The first-order valence-electron chi connectivity index (χ1n) is 8.49. The van der Waals surface area contributed by atoms with Crippen molar-refractivity contribution in [3.05, 3.63) is 54.4 Å². The number of pyridine rings is 2. The number of para-hydroxylation sites is 1. The van der Waals surface area contributed by atoms with Crippen molar-refractivity contribution in [1.29, 1.82) is 0 Å². The van der Waals surface area contributed by atoms with E-state index in [0.717, 1.165) is 11.1 Å². The van der Waals surface area contributed by atoms with Gasteiger partial charge in [-0.05, 0) is 55.5 Å². The van der Waals surface area contributed by atoms with Crippen LogP contribution >= 0.6 is 0 Å². The van der Waals surface area contributed by atoms with E-state index in [1.165, 1.54) is 19.0 Å². The fraction of sp³-hybridized carbons (Fsp3) is 0.263. The molecule has 2 aromatic heterocycles. The maximum absolute atomic E-state index is 12.7. The zero-order valence-electron chi connectivity index (χ0n) is 14.3. The molecular weight excluding hydrogens is 350 g/mol. The Morgan fingerprint density at radius 3 is 2.73 bits per heavy atom. The van der Waals surface area contributed by atoms with Gasteiger partial charge in [-0.2, -0.15) is 8.42 Å². The molecule has 1 aromatic carbocycles. The molecule has 134 valence electrons. The van der Waals surface area contributed by atoms with Gasteiger partial charge < -0.3 is 4.74 Å². The van der Waals surface area contributed by atoms with Gasteiger partial charge in [-0.15, -0.1) is 0 Å². The van der Waals surface area contributed by atoms with Crippen LogP contribution in [0, 0.1) is 12.8 Å². The second-order valence-corrected chi connectivity index (χ2v) is 8.09. The number of ether oxygens (including phenoxy) is 1. The largest absolute Gasteiger partial charge is 0.493 e. The minimum Gasteiger partial charge on any atom is -0.493 e. The Labute approximate surface area is 152 Å². The molecule has 0 spiro atoms. The van der Waals surface area contributed by atoms with Crippen molar-refractivity contribution in [1.82, 2.24) is 9.97 Å². The SMILES string of the molecule is Cc1cccnc1S(=O)(=O)Nc1cccc2c(OCC3CC3)ccnc12. The predicted molar refractivity (Wildman–Crippen MR) is 99.7 cm³/mol. The number of hydrogen-bond acceptors (Lipinski definition) is 5. The molecule has 0 saturated heterocycles. The first-order valence-corrected chi connectivity index (χ1v) is 9.98. The van der Waals surface area contributed by atoms with Crippen LogP contribution in [0.2, 0.25) is 0 Å². The highest BCUT2D eigenvalue weighted by Gasteiger charge is 2.23. The number of aryl methyl sites for hydroxylation is 1. The second kappa shape index (κ2) is 6.57. The summed E-state index contributed by atoms with van der Waals surface area (Å²) in [6.07, 6.45) is 5.51. The zero-order chi connectivity index (χ0) is 18.1. The third-order valence-corrected chi connectivity index (χ3v) is 5.79. The quantitative estimate of drug-likeness (QED) is 0.719. The van der Waals surface area contributed by atoms with Crippen LogP contribution < -0.4 is 9.46 Å². The molecule has 0 unspecified atom stereocenters. The van der Waals surface area contributed by atoms with Crippen molar-refractivity contribution in [2.24, 2.45) is 5.92 Å². The summed E-state index contributed by atoms with van der Waals surface area (Å²) in [4.78, 5) is 8.36. The number of aromatic nitrogens is 2. The molecule has 2 heterocycles. The van der Waals surface area contributed by atoms with Gasteiger partial charge in [0.05, 0.1) is 17.8 Å². The highest BCUT2D eigenvalue weighted by Crippen LogP contribution is 2.33. The molecule has 1 N–H and O–H groups in total. The van der Waals surface area contributed by atoms with Crippen LogP contribution in [-0.4, -0.2) is 25.0 Å². The minimum atomic E-state index is -3.81. The summed E-state index contributed by atoms with van der Waals surface area (Å²) in [5, 5.41) is 0.796. The molecule has 1 fully saturated rings. The van der Waals surface area contributed by atoms with Gasteiger partial charge in [0.15, 0.2) is 5.03 Å². The zero-order valence-corrected chi connectivity index (χ0v) is 15.2. The maximum Gasteiger partial charge on any atom is 0.279 e. The van der Waals surface area contributed by atoms with Crippen LogP contribution in [0.1, 0.15) is 18.4 Å². The van der Waals surface area contributed by atoms with E-state index in [1.54, 1.807) is 37.4 Å². The lowest BCUT2D eigenvalue weighted by Gasteiger charge is -2.13. The Hall–Kier alpha value is -2.67.